The van der Waals surface area contributed by atoms with Gasteiger partial charge in [-0.05, 0) is 48.2 Å². The molecule has 0 fully saturated rings. The third-order valence-electron chi connectivity index (χ3n) is 5.52. The first-order valence-corrected chi connectivity index (χ1v) is 12.5. The highest BCUT2D eigenvalue weighted by Crippen LogP contribution is 2.34. The number of aliphatic hydroxyl groups is 1. The molecule has 38 heavy (non-hydrogen) atoms. The summed E-state index contributed by atoms with van der Waals surface area (Å²) in [6.07, 6.45) is -2.27. The fourth-order valence-corrected chi connectivity index (χ4v) is 5.49. The van der Waals surface area contributed by atoms with Gasteiger partial charge in [0, 0.05) is 17.1 Å². The molecule has 0 aliphatic carbocycles. The fraction of sp³-hybridized carbons (Fsp3) is 0.192. The van der Waals surface area contributed by atoms with Crippen LogP contribution in [-0.2, 0) is 30.3 Å². The fourth-order valence-electron chi connectivity index (χ4n) is 3.67. The number of anilines is 1. The number of hydrogen-bond acceptors (Lipinski definition) is 7. The third-order valence-corrected chi connectivity index (χ3v) is 7.48. The van der Waals surface area contributed by atoms with Gasteiger partial charge in [0.1, 0.15) is 0 Å². The molecule has 3 rings (SSSR count). The number of nitrogens with zero attached hydrogens (tertiary/aromatic N) is 1. The summed E-state index contributed by atoms with van der Waals surface area (Å²) in [6.45, 7) is 0.920. The number of alkyl halides is 3. The Morgan fingerprint density at radius 1 is 1.11 bits per heavy atom. The zero-order chi connectivity index (χ0) is 28.3. The Balaban J connectivity index is 1.92. The zero-order valence-electron chi connectivity index (χ0n) is 20.0. The molecule has 2 N–H and O–H groups in total. The number of benzene rings is 3. The van der Waals surface area contributed by atoms with Crippen molar-refractivity contribution in [3.8, 4) is 6.07 Å². The van der Waals surface area contributed by atoms with Crippen LogP contribution in [0.1, 0.15) is 23.6 Å². The van der Waals surface area contributed by atoms with Crippen LogP contribution in [0.2, 0.25) is 0 Å². The van der Waals surface area contributed by atoms with E-state index in [4.69, 9.17) is 5.26 Å². The van der Waals surface area contributed by atoms with Gasteiger partial charge in [-0.1, -0.05) is 30.3 Å². The van der Waals surface area contributed by atoms with Crippen LogP contribution in [0.25, 0.3) is 16.8 Å². The molecular weight excluding hydrogens is 525 g/mol. The Hall–Kier alpha value is -4.21. The largest absolute Gasteiger partial charge is 0.466 e. The summed E-state index contributed by atoms with van der Waals surface area (Å²) in [5.74, 6) is -2.96. The van der Waals surface area contributed by atoms with Crippen molar-refractivity contribution >= 4 is 44.2 Å². The number of halogens is 3. The summed E-state index contributed by atoms with van der Waals surface area (Å²) in [4.78, 5) is 24.0. The lowest BCUT2D eigenvalue weighted by atomic mass is 10.0. The zero-order valence-corrected chi connectivity index (χ0v) is 20.9. The standard InChI is InChI=1S/C26H21F3N2O6S/c1-25(34,24(33)31-18-10-7-17(14-30)21(13-18)26(27,28)29)15-38(35,36)22-11-8-16(9-12-23(32)37-2)19-5-3-4-6-20(19)22/h3-13,34H,15H2,1-2H3,(H,31,33)/b12-9+. The van der Waals surface area contributed by atoms with Gasteiger partial charge in [-0.25, -0.2) is 13.2 Å². The number of hydrogen-bond donors (Lipinski definition) is 2. The van der Waals surface area contributed by atoms with Crippen LogP contribution in [0.3, 0.4) is 0 Å². The minimum atomic E-state index is -4.88. The number of sulfone groups is 1. The minimum absolute atomic E-state index is 0.200. The smallest absolute Gasteiger partial charge is 0.417 e. The van der Waals surface area contributed by atoms with Crippen LogP contribution in [0.15, 0.2) is 65.6 Å². The number of fused-ring (bicyclic) bond motifs is 1. The number of carbonyl (C=O) groups excluding carboxylic acids is 2. The van der Waals surface area contributed by atoms with Crippen molar-refractivity contribution in [1.29, 1.82) is 5.26 Å². The minimum Gasteiger partial charge on any atom is -0.466 e. The molecule has 12 heteroatoms. The Kier molecular flexibility index (Phi) is 7.95. The van der Waals surface area contributed by atoms with Gasteiger partial charge in [0.15, 0.2) is 15.4 Å². The molecule has 1 atom stereocenters. The van der Waals surface area contributed by atoms with Gasteiger partial charge in [0.2, 0.25) is 0 Å². The van der Waals surface area contributed by atoms with Gasteiger partial charge >= 0.3 is 12.1 Å². The Bertz CT molecular complexity index is 1590. The molecule has 1 amide bonds. The topological polar surface area (TPSA) is 134 Å². The van der Waals surface area contributed by atoms with E-state index in [0.29, 0.717) is 17.0 Å². The van der Waals surface area contributed by atoms with E-state index < -0.39 is 50.4 Å². The lowest BCUT2D eigenvalue weighted by Crippen LogP contribution is -2.45. The summed E-state index contributed by atoms with van der Waals surface area (Å²) >= 11 is 0. The molecule has 0 spiro atoms. The predicted molar refractivity (Wildman–Crippen MR) is 132 cm³/mol. The van der Waals surface area contributed by atoms with Crippen molar-refractivity contribution in [2.75, 3.05) is 18.2 Å². The van der Waals surface area contributed by atoms with Gasteiger partial charge in [0.25, 0.3) is 5.91 Å². The summed E-state index contributed by atoms with van der Waals surface area (Å²) in [5, 5.41) is 22.5. The molecule has 0 aliphatic heterocycles. The molecular formula is C26H21F3N2O6S. The first-order chi connectivity index (χ1) is 17.7. The van der Waals surface area contributed by atoms with Crippen LogP contribution in [0, 0.1) is 11.3 Å². The van der Waals surface area contributed by atoms with E-state index in [1.54, 1.807) is 18.2 Å². The average Bonchev–Trinajstić information content (AvgIpc) is 2.85. The van der Waals surface area contributed by atoms with Crippen molar-refractivity contribution in [1.82, 2.24) is 0 Å². The molecule has 3 aromatic rings. The number of nitriles is 1. The van der Waals surface area contributed by atoms with Crippen molar-refractivity contribution < 1.29 is 41.0 Å². The maximum atomic E-state index is 13.3. The molecule has 198 valence electrons. The second-order valence-electron chi connectivity index (χ2n) is 8.41. The molecule has 3 aromatic carbocycles. The molecule has 1 unspecified atom stereocenters. The SMILES string of the molecule is COC(=O)/C=C/c1ccc(S(=O)(=O)CC(C)(O)C(=O)Nc2ccc(C#N)c(C(F)(F)F)c2)c2ccccc12. The molecule has 8 nitrogen and oxygen atoms in total. The van der Waals surface area contributed by atoms with Crippen molar-refractivity contribution in [3.63, 3.8) is 0 Å². The summed E-state index contributed by atoms with van der Waals surface area (Å²) < 4.78 is 70.9. The van der Waals surface area contributed by atoms with Crippen molar-refractivity contribution in [3.05, 3.63) is 77.4 Å². The highest BCUT2D eigenvalue weighted by atomic mass is 32.2. The number of rotatable bonds is 7. The van der Waals surface area contributed by atoms with Gasteiger partial charge < -0.3 is 15.2 Å². The van der Waals surface area contributed by atoms with E-state index in [-0.39, 0.29) is 16.0 Å². The molecule has 0 saturated carbocycles. The lowest BCUT2D eigenvalue weighted by molar-refractivity contribution is -0.138. The summed E-state index contributed by atoms with van der Waals surface area (Å²) in [6, 6.07) is 12.9. The summed E-state index contributed by atoms with van der Waals surface area (Å²) in [5.41, 5.74) is -4.38. The predicted octanol–water partition coefficient (Wildman–Crippen LogP) is 4.08. The Morgan fingerprint density at radius 3 is 2.37 bits per heavy atom. The van der Waals surface area contributed by atoms with Crippen LogP contribution in [0.4, 0.5) is 18.9 Å². The van der Waals surface area contributed by atoms with Crippen LogP contribution < -0.4 is 5.32 Å². The van der Waals surface area contributed by atoms with Crippen molar-refractivity contribution in [2.45, 2.75) is 23.6 Å². The van der Waals surface area contributed by atoms with E-state index in [1.807, 2.05) is 0 Å². The second kappa shape index (κ2) is 10.6. The first kappa shape index (κ1) is 28.4. The number of ether oxygens (including phenoxy) is 1. The van der Waals surface area contributed by atoms with Crippen LogP contribution in [-0.4, -0.2) is 43.9 Å². The average molecular weight is 547 g/mol. The molecule has 0 saturated heterocycles. The van der Waals surface area contributed by atoms with Gasteiger partial charge in [-0.15, -0.1) is 0 Å². The molecule has 0 aliphatic rings. The maximum absolute atomic E-state index is 13.3. The van der Waals surface area contributed by atoms with Crippen molar-refractivity contribution in [2.24, 2.45) is 0 Å². The maximum Gasteiger partial charge on any atom is 0.417 e. The monoisotopic (exact) mass is 546 g/mol. The van der Waals surface area contributed by atoms with Crippen LogP contribution >= 0.6 is 0 Å². The highest BCUT2D eigenvalue weighted by molar-refractivity contribution is 7.91. The van der Waals surface area contributed by atoms with Gasteiger partial charge in [-0.3, -0.25) is 4.79 Å². The number of nitrogens with one attached hydrogen (secondary N) is 1. The van der Waals surface area contributed by atoms with E-state index in [1.165, 1.54) is 43.5 Å². The first-order valence-electron chi connectivity index (χ1n) is 10.9. The molecule has 0 radical (unpaired) electrons. The van der Waals surface area contributed by atoms with Gasteiger partial charge in [0.05, 0.1) is 35.0 Å². The summed E-state index contributed by atoms with van der Waals surface area (Å²) in [7, 11) is -3.12. The molecule has 0 heterocycles. The normalized spacial score (nSPS) is 13.6. The van der Waals surface area contributed by atoms with E-state index >= 15 is 0 Å². The number of carbonyl (C=O) groups is 2. The molecule has 0 bridgehead atoms. The Morgan fingerprint density at radius 2 is 1.76 bits per heavy atom. The quantitative estimate of drug-likeness (QED) is 0.337. The number of methoxy groups -OCH3 is 1. The lowest BCUT2D eigenvalue weighted by Gasteiger charge is -2.23. The van der Waals surface area contributed by atoms with E-state index in [2.05, 4.69) is 10.1 Å². The van der Waals surface area contributed by atoms with E-state index in [9.17, 15) is 36.3 Å². The van der Waals surface area contributed by atoms with E-state index in [0.717, 1.165) is 19.1 Å². The highest BCUT2D eigenvalue weighted by Gasteiger charge is 2.38. The molecule has 0 aromatic heterocycles. The number of amides is 1. The van der Waals surface area contributed by atoms with Crippen LogP contribution in [0.5, 0.6) is 0 Å². The second-order valence-corrected chi connectivity index (χ2v) is 10.4. The Labute approximate surface area is 215 Å². The van der Waals surface area contributed by atoms with Gasteiger partial charge in [-0.2, -0.15) is 18.4 Å². The third kappa shape index (κ3) is 6.19. The number of esters is 1.